The van der Waals surface area contributed by atoms with Gasteiger partial charge in [-0.05, 0) is 6.42 Å². The number of hydrogen-bond acceptors (Lipinski definition) is 3. The van der Waals surface area contributed by atoms with Crippen LogP contribution >= 0.6 is 0 Å². The fraction of sp³-hybridized carbons (Fsp3) is 0.625. The van der Waals surface area contributed by atoms with Gasteiger partial charge in [0.2, 0.25) is 0 Å². The highest BCUT2D eigenvalue weighted by atomic mass is 32.2. The van der Waals surface area contributed by atoms with Crippen molar-refractivity contribution in [2.75, 3.05) is 18.1 Å². The second-order valence-corrected chi connectivity index (χ2v) is 4.49. The predicted octanol–water partition coefficient (Wildman–Crippen LogP) is -0.0194. The first-order valence-electron chi connectivity index (χ1n) is 4.33. The molecule has 0 radical (unpaired) electrons. The van der Waals surface area contributed by atoms with E-state index in [9.17, 15) is 4.21 Å². The monoisotopic (exact) mass is 201 g/mol. The number of nitrogens with zero attached hydrogens (tertiary/aromatic N) is 2. The van der Waals surface area contributed by atoms with Gasteiger partial charge in [0.25, 0.3) is 0 Å². The first kappa shape index (κ1) is 10.4. The van der Waals surface area contributed by atoms with Crippen molar-refractivity contribution in [1.82, 2.24) is 9.55 Å². The summed E-state index contributed by atoms with van der Waals surface area (Å²) in [7, 11) is -0.740. The molecule has 1 rings (SSSR count). The molecule has 1 aromatic heterocycles. The number of hydrogen-bond donors (Lipinski definition) is 1. The Morgan fingerprint density at radius 2 is 2.31 bits per heavy atom. The third-order valence-corrected chi connectivity index (χ3v) is 3.13. The van der Waals surface area contributed by atoms with Crippen LogP contribution in [0.25, 0.3) is 0 Å². The topological polar surface area (TPSA) is 60.9 Å². The fourth-order valence-corrected chi connectivity index (χ4v) is 1.98. The van der Waals surface area contributed by atoms with Crippen molar-refractivity contribution in [2.24, 2.45) is 5.73 Å². The summed E-state index contributed by atoms with van der Waals surface area (Å²) in [6.45, 7) is 1.40. The Hall–Kier alpha value is -0.680. The summed E-state index contributed by atoms with van der Waals surface area (Å²) in [6.07, 6.45) is 6.34. The number of aromatic nitrogens is 2. The van der Waals surface area contributed by atoms with E-state index in [4.69, 9.17) is 5.73 Å². The minimum absolute atomic E-state index is 0.512. The predicted molar refractivity (Wildman–Crippen MR) is 53.8 cm³/mol. The van der Waals surface area contributed by atoms with Crippen LogP contribution in [0.4, 0.5) is 0 Å². The molecule has 1 atom stereocenters. The molecule has 1 unspecified atom stereocenters. The van der Waals surface area contributed by atoms with E-state index in [1.807, 2.05) is 10.8 Å². The van der Waals surface area contributed by atoms with Crippen molar-refractivity contribution in [3.63, 3.8) is 0 Å². The highest BCUT2D eigenvalue weighted by Crippen LogP contribution is 1.93. The van der Waals surface area contributed by atoms with E-state index < -0.39 is 10.8 Å². The quantitative estimate of drug-likeness (QED) is 0.703. The molecule has 0 aliphatic rings. The molecule has 4 nitrogen and oxygen atoms in total. The van der Waals surface area contributed by atoms with Gasteiger partial charge in [0.1, 0.15) is 0 Å². The zero-order valence-corrected chi connectivity index (χ0v) is 8.37. The number of imidazole rings is 1. The van der Waals surface area contributed by atoms with Gasteiger partial charge in [-0.15, -0.1) is 0 Å². The van der Waals surface area contributed by atoms with Crippen molar-refractivity contribution in [3.05, 3.63) is 18.7 Å². The van der Waals surface area contributed by atoms with Gasteiger partial charge in [-0.1, -0.05) is 0 Å². The minimum Gasteiger partial charge on any atom is -0.337 e. The molecule has 2 N–H and O–H groups in total. The molecule has 1 heterocycles. The molecule has 0 spiro atoms. The van der Waals surface area contributed by atoms with E-state index in [0.717, 1.165) is 18.7 Å². The Morgan fingerprint density at radius 3 is 2.92 bits per heavy atom. The molecule has 5 heteroatoms. The second kappa shape index (κ2) is 5.88. The van der Waals surface area contributed by atoms with Crippen molar-refractivity contribution in [2.45, 2.75) is 13.0 Å². The Balaban J connectivity index is 2.11. The Bertz CT molecular complexity index is 248. The molecular weight excluding hydrogens is 186 g/mol. The fourth-order valence-electron chi connectivity index (χ4n) is 1.06. The van der Waals surface area contributed by atoms with Crippen LogP contribution in [0.5, 0.6) is 0 Å². The molecule has 0 saturated heterocycles. The van der Waals surface area contributed by atoms with E-state index in [1.54, 1.807) is 12.5 Å². The van der Waals surface area contributed by atoms with Gasteiger partial charge in [0, 0.05) is 47.8 Å². The molecule has 74 valence electrons. The molecule has 0 bridgehead atoms. The van der Waals surface area contributed by atoms with Gasteiger partial charge >= 0.3 is 0 Å². The van der Waals surface area contributed by atoms with Crippen molar-refractivity contribution in [1.29, 1.82) is 0 Å². The molecular formula is C8H15N3OS. The van der Waals surface area contributed by atoms with E-state index in [-0.39, 0.29) is 0 Å². The average molecular weight is 201 g/mol. The largest absolute Gasteiger partial charge is 0.337 e. The third kappa shape index (κ3) is 4.19. The summed E-state index contributed by atoms with van der Waals surface area (Å²) in [6, 6.07) is 0. The van der Waals surface area contributed by atoms with Gasteiger partial charge in [-0.3, -0.25) is 4.21 Å². The summed E-state index contributed by atoms with van der Waals surface area (Å²) in [5.41, 5.74) is 5.29. The van der Waals surface area contributed by atoms with Crippen LogP contribution in [0.3, 0.4) is 0 Å². The molecule has 0 aliphatic heterocycles. The third-order valence-electron chi connectivity index (χ3n) is 1.69. The lowest BCUT2D eigenvalue weighted by molar-refractivity contribution is 0.657. The first-order valence-corrected chi connectivity index (χ1v) is 5.82. The van der Waals surface area contributed by atoms with E-state index in [2.05, 4.69) is 4.98 Å². The molecule has 0 fully saturated rings. The van der Waals surface area contributed by atoms with Crippen LogP contribution < -0.4 is 5.73 Å². The van der Waals surface area contributed by atoms with Gasteiger partial charge in [0.05, 0.1) is 6.33 Å². The molecule has 0 aliphatic carbocycles. The van der Waals surface area contributed by atoms with E-state index >= 15 is 0 Å². The molecule has 1 aromatic rings. The van der Waals surface area contributed by atoms with Crippen molar-refractivity contribution < 1.29 is 4.21 Å². The van der Waals surface area contributed by atoms with E-state index in [1.165, 1.54) is 0 Å². The highest BCUT2D eigenvalue weighted by Gasteiger charge is 1.97. The molecule has 13 heavy (non-hydrogen) atoms. The van der Waals surface area contributed by atoms with Crippen LogP contribution in [-0.2, 0) is 17.3 Å². The van der Waals surface area contributed by atoms with Crippen molar-refractivity contribution >= 4 is 10.8 Å². The lowest BCUT2D eigenvalue weighted by Crippen LogP contribution is -2.13. The van der Waals surface area contributed by atoms with Crippen LogP contribution in [0.2, 0.25) is 0 Å². The zero-order chi connectivity index (χ0) is 9.52. The smallest absolute Gasteiger partial charge is 0.0945 e. The Kier molecular flexibility index (Phi) is 4.70. The van der Waals surface area contributed by atoms with Gasteiger partial charge < -0.3 is 10.3 Å². The SMILES string of the molecule is NCCS(=O)CCCn1ccnc1. The summed E-state index contributed by atoms with van der Waals surface area (Å²) >= 11 is 0. The Morgan fingerprint density at radius 1 is 1.46 bits per heavy atom. The lowest BCUT2D eigenvalue weighted by Gasteiger charge is -2.01. The maximum atomic E-state index is 11.2. The van der Waals surface area contributed by atoms with Gasteiger partial charge in [0.15, 0.2) is 0 Å². The van der Waals surface area contributed by atoms with E-state index in [0.29, 0.717) is 12.3 Å². The summed E-state index contributed by atoms with van der Waals surface area (Å²) < 4.78 is 13.2. The standard InChI is InChI=1S/C8H15N3OS/c9-2-7-13(12)6-1-4-11-5-3-10-8-11/h3,5,8H,1-2,4,6-7,9H2. The van der Waals surface area contributed by atoms with Crippen LogP contribution in [-0.4, -0.2) is 31.8 Å². The number of aryl methyl sites for hydroxylation is 1. The zero-order valence-electron chi connectivity index (χ0n) is 7.56. The van der Waals surface area contributed by atoms with Crippen LogP contribution in [0.15, 0.2) is 18.7 Å². The summed E-state index contributed by atoms with van der Waals surface area (Å²) in [5.74, 6) is 1.35. The highest BCUT2D eigenvalue weighted by molar-refractivity contribution is 7.84. The van der Waals surface area contributed by atoms with Crippen molar-refractivity contribution in [3.8, 4) is 0 Å². The summed E-state index contributed by atoms with van der Waals surface area (Å²) in [4.78, 5) is 3.92. The molecule has 0 saturated carbocycles. The maximum absolute atomic E-state index is 11.2. The average Bonchev–Trinajstić information content (AvgIpc) is 2.57. The summed E-state index contributed by atoms with van der Waals surface area (Å²) in [5, 5.41) is 0. The minimum atomic E-state index is -0.740. The number of nitrogens with two attached hydrogens (primary N) is 1. The van der Waals surface area contributed by atoms with Crippen LogP contribution in [0, 0.1) is 0 Å². The number of rotatable bonds is 6. The molecule has 0 aromatic carbocycles. The van der Waals surface area contributed by atoms with Crippen LogP contribution in [0.1, 0.15) is 6.42 Å². The lowest BCUT2D eigenvalue weighted by atomic mass is 10.5. The Labute approximate surface area is 80.6 Å². The second-order valence-electron chi connectivity index (χ2n) is 2.79. The maximum Gasteiger partial charge on any atom is 0.0945 e. The normalized spacial score (nSPS) is 13.0. The van der Waals surface area contributed by atoms with Gasteiger partial charge in [-0.2, -0.15) is 0 Å². The molecule has 0 amide bonds. The van der Waals surface area contributed by atoms with Gasteiger partial charge in [-0.25, -0.2) is 4.98 Å². The first-order chi connectivity index (χ1) is 6.33.